The van der Waals surface area contributed by atoms with Crippen LogP contribution in [0.25, 0.3) is 0 Å². The second-order valence-electron chi connectivity index (χ2n) is 4.94. The first kappa shape index (κ1) is 12.8. The lowest BCUT2D eigenvalue weighted by Crippen LogP contribution is -2.42. The highest BCUT2D eigenvalue weighted by Crippen LogP contribution is 2.30. The van der Waals surface area contributed by atoms with Crippen molar-refractivity contribution in [2.24, 2.45) is 0 Å². The molecule has 18 heavy (non-hydrogen) atoms. The van der Waals surface area contributed by atoms with E-state index in [9.17, 15) is 14.7 Å². The summed E-state index contributed by atoms with van der Waals surface area (Å²) in [5, 5.41) is 10.2. The predicted molar refractivity (Wildman–Crippen MR) is 65.4 cm³/mol. The maximum atomic E-state index is 12.0. The van der Waals surface area contributed by atoms with Crippen LogP contribution in [0.1, 0.15) is 36.0 Å². The van der Waals surface area contributed by atoms with Crippen LogP contribution in [-0.4, -0.2) is 35.1 Å². The van der Waals surface area contributed by atoms with Gasteiger partial charge in [0.1, 0.15) is 6.26 Å². The molecule has 1 aromatic heterocycles. The van der Waals surface area contributed by atoms with E-state index >= 15 is 0 Å². The Kier molecular flexibility index (Phi) is 3.52. The Balaban J connectivity index is 2.04. The fraction of sp³-hybridized carbons (Fsp3) is 0.538. The summed E-state index contributed by atoms with van der Waals surface area (Å²) in [6.45, 7) is 0.310. The van der Waals surface area contributed by atoms with Gasteiger partial charge < -0.3 is 14.4 Å². The van der Waals surface area contributed by atoms with Crippen molar-refractivity contribution in [3.8, 4) is 0 Å². The molecule has 5 nitrogen and oxygen atoms in total. The molecule has 1 aliphatic carbocycles. The van der Waals surface area contributed by atoms with Crippen molar-refractivity contribution >= 4 is 5.91 Å². The molecule has 0 aromatic carbocycles. The van der Waals surface area contributed by atoms with Gasteiger partial charge in [0.15, 0.2) is 0 Å². The molecule has 98 valence electrons. The third-order valence-electron chi connectivity index (χ3n) is 3.36. The first-order valence-corrected chi connectivity index (χ1v) is 6.07. The number of aliphatic hydroxyl groups is 1. The van der Waals surface area contributed by atoms with Crippen LogP contribution in [-0.2, 0) is 0 Å². The van der Waals surface area contributed by atoms with E-state index < -0.39 is 11.2 Å². The molecule has 1 N–H and O–H groups in total. The molecule has 0 atom stereocenters. The highest BCUT2D eigenvalue weighted by molar-refractivity contribution is 5.93. The minimum Gasteiger partial charge on any atom is -0.430 e. The molecule has 0 saturated heterocycles. The first-order chi connectivity index (χ1) is 8.50. The second-order valence-corrected chi connectivity index (χ2v) is 4.94. The average Bonchev–Trinajstić information content (AvgIpc) is 2.76. The highest BCUT2D eigenvalue weighted by atomic mass is 16.4. The molecule has 1 aliphatic rings. The maximum Gasteiger partial charge on any atom is 0.335 e. The SMILES string of the molecule is CN(CC1(O)CCCC1)C(=O)c1ccc(=O)oc1. The molecular weight excluding hydrogens is 234 g/mol. The zero-order chi connectivity index (χ0) is 13.2. The van der Waals surface area contributed by atoms with Gasteiger partial charge in [0.05, 0.1) is 11.2 Å². The van der Waals surface area contributed by atoms with Crippen molar-refractivity contribution in [3.63, 3.8) is 0 Å². The smallest absolute Gasteiger partial charge is 0.335 e. The van der Waals surface area contributed by atoms with Gasteiger partial charge in [-0.15, -0.1) is 0 Å². The molecule has 1 fully saturated rings. The van der Waals surface area contributed by atoms with Crippen LogP contribution in [0.3, 0.4) is 0 Å². The van der Waals surface area contributed by atoms with E-state index in [1.54, 1.807) is 7.05 Å². The summed E-state index contributed by atoms with van der Waals surface area (Å²) in [5.41, 5.74) is -0.928. The number of nitrogens with zero attached hydrogens (tertiary/aromatic N) is 1. The number of likely N-dealkylation sites (N-methyl/N-ethyl adjacent to an activating group) is 1. The van der Waals surface area contributed by atoms with Gasteiger partial charge in [0.2, 0.25) is 0 Å². The maximum absolute atomic E-state index is 12.0. The summed E-state index contributed by atoms with van der Waals surface area (Å²) in [4.78, 5) is 24.3. The lowest BCUT2D eigenvalue weighted by molar-refractivity contribution is 0.0156. The van der Waals surface area contributed by atoms with Gasteiger partial charge in [0.25, 0.3) is 5.91 Å². The van der Waals surface area contributed by atoms with Gasteiger partial charge in [-0.2, -0.15) is 0 Å². The number of amides is 1. The normalized spacial score (nSPS) is 17.7. The summed E-state index contributed by atoms with van der Waals surface area (Å²) < 4.78 is 4.66. The minimum atomic E-state index is -0.764. The van der Waals surface area contributed by atoms with Crippen molar-refractivity contribution in [3.05, 3.63) is 34.4 Å². The lowest BCUT2D eigenvalue weighted by Gasteiger charge is -2.28. The van der Waals surface area contributed by atoms with Crippen LogP contribution < -0.4 is 5.63 Å². The van der Waals surface area contributed by atoms with Crippen LogP contribution in [0, 0.1) is 0 Å². The molecule has 0 radical (unpaired) electrons. The Morgan fingerprint density at radius 1 is 1.44 bits per heavy atom. The predicted octanol–water partition coefficient (Wildman–Crippen LogP) is 1.02. The van der Waals surface area contributed by atoms with Crippen LogP contribution >= 0.6 is 0 Å². The van der Waals surface area contributed by atoms with E-state index in [1.807, 2.05) is 0 Å². The standard InChI is InChI=1S/C13H17NO4/c1-14(9-13(17)6-2-3-7-13)12(16)10-4-5-11(15)18-8-10/h4-5,8,17H,2-3,6-7,9H2,1H3. The Hall–Kier alpha value is -1.62. The molecule has 1 saturated carbocycles. The summed E-state index contributed by atoms with van der Waals surface area (Å²) in [5.74, 6) is -0.251. The van der Waals surface area contributed by atoms with E-state index in [0.717, 1.165) is 31.9 Å². The second kappa shape index (κ2) is 4.94. The zero-order valence-electron chi connectivity index (χ0n) is 10.4. The Morgan fingerprint density at radius 2 is 2.11 bits per heavy atom. The van der Waals surface area contributed by atoms with E-state index in [4.69, 9.17) is 0 Å². The molecule has 0 aliphatic heterocycles. The van der Waals surface area contributed by atoms with Gasteiger partial charge in [-0.3, -0.25) is 4.79 Å². The monoisotopic (exact) mass is 251 g/mol. The molecule has 0 bridgehead atoms. The minimum absolute atomic E-state index is 0.251. The van der Waals surface area contributed by atoms with Crippen molar-refractivity contribution in [1.29, 1.82) is 0 Å². The summed E-state index contributed by atoms with van der Waals surface area (Å²) in [7, 11) is 1.64. The van der Waals surface area contributed by atoms with Crippen molar-refractivity contribution in [2.45, 2.75) is 31.3 Å². The molecule has 1 aromatic rings. The first-order valence-electron chi connectivity index (χ1n) is 6.07. The third-order valence-corrected chi connectivity index (χ3v) is 3.36. The van der Waals surface area contributed by atoms with Crippen molar-refractivity contribution in [2.75, 3.05) is 13.6 Å². The topological polar surface area (TPSA) is 70.8 Å². The molecule has 0 unspecified atom stereocenters. The lowest BCUT2D eigenvalue weighted by atomic mass is 10.0. The average molecular weight is 251 g/mol. The van der Waals surface area contributed by atoms with E-state index in [2.05, 4.69) is 4.42 Å². The van der Waals surface area contributed by atoms with Crippen LogP contribution in [0.4, 0.5) is 0 Å². The van der Waals surface area contributed by atoms with E-state index in [-0.39, 0.29) is 5.91 Å². The van der Waals surface area contributed by atoms with Crippen molar-refractivity contribution < 1.29 is 14.3 Å². The molecule has 1 amide bonds. The molecule has 0 spiro atoms. The van der Waals surface area contributed by atoms with Gasteiger partial charge in [-0.25, -0.2) is 4.79 Å². The Morgan fingerprint density at radius 3 is 2.67 bits per heavy atom. The van der Waals surface area contributed by atoms with E-state index in [1.165, 1.54) is 17.0 Å². The van der Waals surface area contributed by atoms with Crippen molar-refractivity contribution in [1.82, 2.24) is 4.90 Å². The zero-order valence-corrected chi connectivity index (χ0v) is 10.4. The fourth-order valence-electron chi connectivity index (χ4n) is 2.40. The van der Waals surface area contributed by atoms with E-state index in [0.29, 0.717) is 12.1 Å². The summed E-state index contributed by atoms with van der Waals surface area (Å²) in [6.07, 6.45) is 4.61. The Labute approximate surface area is 105 Å². The van der Waals surface area contributed by atoms with Gasteiger partial charge in [-0.1, -0.05) is 12.8 Å². The largest absolute Gasteiger partial charge is 0.430 e. The number of hydrogen-bond donors (Lipinski definition) is 1. The number of carbonyl (C=O) groups is 1. The summed E-state index contributed by atoms with van der Waals surface area (Å²) in [6, 6.07) is 2.65. The van der Waals surface area contributed by atoms with Gasteiger partial charge in [0, 0.05) is 19.7 Å². The number of carbonyl (C=O) groups excluding carboxylic acids is 1. The quantitative estimate of drug-likeness (QED) is 0.870. The number of rotatable bonds is 3. The fourth-order valence-corrected chi connectivity index (χ4v) is 2.40. The molecule has 1 heterocycles. The molecular formula is C13H17NO4. The summed E-state index contributed by atoms with van der Waals surface area (Å²) >= 11 is 0. The Bertz CT molecular complexity index is 468. The highest BCUT2D eigenvalue weighted by Gasteiger charge is 2.33. The number of hydrogen-bond acceptors (Lipinski definition) is 4. The molecule has 2 rings (SSSR count). The van der Waals surface area contributed by atoms with Gasteiger partial charge >= 0.3 is 5.63 Å². The third kappa shape index (κ3) is 2.79. The van der Waals surface area contributed by atoms with Gasteiger partial charge in [-0.05, 0) is 18.9 Å². The van der Waals surface area contributed by atoms with Crippen LogP contribution in [0.5, 0.6) is 0 Å². The van der Waals surface area contributed by atoms with Crippen LogP contribution in [0.2, 0.25) is 0 Å². The van der Waals surface area contributed by atoms with Crippen LogP contribution in [0.15, 0.2) is 27.6 Å². The molecule has 5 heteroatoms.